The lowest BCUT2D eigenvalue weighted by atomic mass is 10.1. The number of thioether (sulfide) groups is 1. The summed E-state index contributed by atoms with van der Waals surface area (Å²) in [4.78, 5) is 27.8. The maximum absolute atomic E-state index is 12.5. The van der Waals surface area contributed by atoms with Crippen LogP contribution in [0.15, 0.2) is 48.5 Å². The van der Waals surface area contributed by atoms with Gasteiger partial charge in [0.25, 0.3) is 0 Å². The van der Waals surface area contributed by atoms with Gasteiger partial charge in [0.05, 0.1) is 11.5 Å². The molecule has 0 spiro atoms. The first-order valence-electron chi connectivity index (χ1n) is 8.09. The van der Waals surface area contributed by atoms with Crippen LogP contribution in [0.1, 0.15) is 21.6 Å². The number of hydrogen-bond acceptors (Lipinski definition) is 3. The fourth-order valence-corrected chi connectivity index (χ4v) is 3.47. The smallest absolute Gasteiger partial charge is 0.234 e. The Labute approximate surface area is 151 Å². The second kappa shape index (κ2) is 7.57. The molecule has 0 radical (unpaired) electrons. The zero-order valence-electron chi connectivity index (χ0n) is 14.3. The minimum absolute atomic E-state index is 0.0445. The number of benzene rings is 2. The lowest BCUT2D eigenvalue weighted by molar-refractivity contribution is -0.113. The number of aromatic amines is 1. The maximum atomic E-state index is 12.5. The monoisotopic (exact) mass is 352 g/mol. The van der Waals surface area contributed by atoms with Crippen LogP contribution in [0.2, 0.25) is 0 Å². The third kappa shape index (κ3) is 4.12. The summed E-state index contributed by atoms with van der Waals surface area (Å²) in [6, 6.07) is 15.4. The van der Waals surface area contributed by atoms with Crippen LogP contribution in [0.25, 0.3) is 10.9 Å². The van der Waals surface area contributed by atoms with Crippen molar-refractivity contribution in [1.82, 2.24) is 4.98 Å². The molecule has 1 heterocycles. The lowest BCUT2D eigenvalue weighted by Crippen LogP contribution is -2.15. The van der Waals surface area contributed by atoms with Crippen molar-refractivity contribution in [2.45, 2.75) is 13.8 Å². The number of fused-ring (bicyclic) bond motifs is 1. The number of Topliss-reactive ketones (excluding diaryl/α,β-unsaturated/α-hetero) is 1. The van der Waals surface area contributed by atoms with E-state index in [2.05, 4.69) is 10.3 Å². The number of carbonyl (C=O) groups is 2. The summed E-state index contributed by atoms with van der Waals surface area (Å²) in [5.74, 6) is 0.478. The van der Waals surface area contributed by atoms with Gasteiger partial charge in [0, 0.05) is 27.8 Å². The molecular formula is C20H20N2O2S. The van der Waals surface area contributed by atoms with Crippen molar-refractivity contribution in [2.75, 3.05) is 16.8 Å². The van der Waals surface area contributed by atoms with E-state index in [-0.39, 0.29) is 23.2 Å². The predicted molar refractivity (Wildman–Crippen MR) is 104 cm³/mol. The number of para-hydroxylation sites is 1. The average molecular weight is 352 g/mol. The third-order valence-electron chi connectivity index (χ3n) is 3.97. The molecule has 0 aliphatic rings. The van der Waals surface area contributed by atoms with E-state index in [1.807, 2.05) is 62.4 Å². The van der Waals surface area contributed by atoms with Gasteiger partial charge in [-0.2, -0.15) is 0 Å². The Bertz CT molecular complexity index is 913. The van der Waals surface area contributed by atoms with Gasteiger partial charge < -0.3 is 10.3 Å². The number of amides is 1. The molecule has 0 aliphatic heterocycles. The number of rotatable bonds is 6. The van der Waals surface area contributed by atoms with E-state index in [9.17, 15) is 9.59 Å². The second-order valence-electron chi connectivity index (χ2n) is 6.00. The van der Waals surface area contributed by atoms with E-state index in [0.29, 0.717) is 0 Å². The van der Waals surface area contributed by atoms with E-state index in [1.165, 1.54) is 11.8 Å². The minimum atomic E-state index is -0.0997. The van der Waals surface area contributed by atoms with Crippen molar-refractivity contribution >= 4 is 40.0 Å². The Hall–Kier alpha value is -2.53. The van der Waals surface area contributed by atoms with Crippen LogP contribution in [0.3, 0.4) is 0 Å². The molecule has 0 aliphatic carbocycles. The fourth-order valence-electron chi connectivity index (χ4n) is 2.78. The molecule has 3 rings (SSSR count). The Kier molecular flexibility index (Phi) is 5.24. The van der Waals surface area contributed by atoms with Gasteiger partial charge >= 0.3 is 0 Å². The van der Waals surface area contributed by atoms with Gasteiger partial charge in [0.1, 0.15) is 0 Å². The molecule has 3 aromatic rings. The van der Waals surface area contributed by atoms with Gasteiger partial charge in [-0.1, -0.05) is 35.9 Å². The summed E-state index contributed by atoms with van der Waals surface area (Å²) in [7, 11) is 0. The molecule has 1 aromatic heterocycles. The van der Waals surface area contributed by atoms with E-state index in [0.717, 1.165) is 33.4 Å². The highest BCUT2D eigenvalue weighted by Gasteiger charge is 2.16. The Morgan fingerprint density at radius 2 is 1.72 bits per heavy atom. The van der Waals surface area contributed by atoms with Crippen molar-refractivity contribution in [3.05, 3.63) is 65.4 Å². The fraction of sp³-hybridized carbons (Fsp3) is 0.200. The summed E-state index contributed by atoms with van der Waals surface area (Å²) in [5.41, 5.74) is 4.48. The number of H-pyrrole nitrogens is 1. The molecule has 4 nitrogen and oxygen atoms in total. The number of aryl methyl sites for hydroxylation is 2. The van der Waals surface area contributed by atoms with Gasteiger partial charge in [-0.15, -0.1) is 11.8 Å². The molecule has 0 saturated carbocycles. The van der Waals surface area contributed by atoms with Crippen LogP contribution < -0.4 is 5.32 Å². The zero-order chi connectivity index (χ0) is 17.8. The van der Waals surface area contributed by atoms with Crippen molar-refractivity contribution in [1.29, 1.82) is 0 Å². The second-order valence-corrected chi connectivity index (χ2v) is 6.99. The van der Waals surface area contributed by atoms with E-state index < -0.39 is 0 Å². The third-order valence-corrected chi connectivity index (χ3v) is 4.91. The molecule has 0 saturated heterocycles. The molecule has 0 unspecified atom stereocenters. The maximum Gasteiger partial charge on any atom is 0.234 e. The SMILES string of the molecule is Cc1ccc(NC(=O)CSCC(=O)c2c(C)[nH]c3ccccc23)cc1. The molecule has 2 N–H and O–H groups in total. The normalized spacial score (nSPS) is 10.8. The van der Waals surface area contributed by atoms with Gasteiger partial charge in [0.15, 0.2) is 5.78 Å². The quantitative estimate of drug-likeness (QED) is 0.649. The number of carbonyl (C=O) groups excluding carboxylic acids is 2. The van der Waals surface area contributed by atoms with Crippen LogP contribution in [0, 0.1) is 13.8 Å². The van der Waals surface area contributed by atoms with E-state index in [1.54, 1.807) is 0 Å². The number of ketones is 1. The largest absolute Gasteiger partial charge is 0.358 e. The summed E-state index contributed by atoms with van der Waals surface area (Å²) < 4.78 is 0. The van der Waals surface area contributed by atoms with Crippen LogP contribution in [0.4, 0.5) is 5.69 Å². The number of aromatic nitrogens is 1. The highest BCUT2D eigenvalue weighted by Crippen LogP contribution is 2.23. The van der Waals surface area contributed by atoms with Crippen LogP contribution in [-0.2, 0) is 4.79 Å². The number of hydrogen-bond donors (Lipinski definition) is 2. The predicted octanol–water partition coefficient (Wildman–Crippen LogP) is 4.34. The highest BCUT2D eigenvalue weighted by molar-refractivity contribution is 8.00. The summed E-state index contributed by atoms with van der Waals surface area (Å²) in [6.07, 6.45) is 0. The van der Waals surface area contributed by atoms with Gasteiger partial charge in [-0.25, -0.2) is 0 Å². The summed E-state index contributed by atoms with van der Waals surface area (Å²) in [5, 5.41) is 3.78. The van der Waals surface area contributed by atoms with E-state index in [4.69, 9.17) is 0 Å². The first-order chi connectivity index (χ1) is 12.0. The van der Waals surface area contributed by atoms with E-state index >= 15 is 0 Å². The molecule has 2 aromatic carbocycles. The molecule has 0 bridgehead atoms. The number of nitrogens with one attached hydrogen (secondary N) is 2. The van der Waals surface area contributed by atoms with Crippen molar-refractivity contribution < 1.29 is 9.59 Å². The topological polar surface area (TPSA) is 62.0 Å². The minimum Gasteiger partial charge on any atom is -0.358 e. The van der Waals surface area contributed by atoms with Crippen molar-refractivity contribution in [3.8, 4) is 0 Å². The van der Waals surface area contributed by atoms with Crippen LogP contribution in [-0.4, -0.2) is 28.2 Å². The standard InChI is InChI=1S/C20H20N2O2S/c1-13-7-9-15(10-8-13)22-19(24)12-25-11-18(23)20-14(2)21-17-6-4-3-5-16(17)20/h3-10,21H,11-12H2,1-2H3,(H,22,24). The lowest BCUT2D eigenvalue weighted by Gasteiger charge is -2.05. The first kappa shape index (κ1) is 17.3. The Morgan fingerprint density at radius 1 is 1.00 bits per heavy atom. The Morgan fingerprint density at radius 3 is 2.48 bits per heavy atom. The molecular weight excluding hydrogens is 332 g/mol. The molecule has 5 heteroatoms. The van der Waals surface area contributed by atoms with Crippen LogP contribution in [0.5, 0.6) is 0 Å². The zero-order valence-corrected chi connectivity index (χ0v) is 15.1. The van der Waals surface area contributed by atoms with Gasteiger partial charge in [-0.3, -0.25) is 9.59 Å². The summed E-state index contributed by atoms with van der Waals surface area (Å²) in [6.45, 7) is 3.90. The molecule has 0 atom stereocenters. The molecule has 128 valence electrons. The van der Waals surface area contributed by atoms with Crippen molar-refractivity contribution in [3.63, 3.8) is 0 Å². The number of anilines is 1. The summed E-state index contributed by atoms with van der Waals surface area (Å²) >= 11 is 1.33. The van der Waals surface area contributed by atoms with Gasteiger partial charge in [-0.05, 0) is 32.0 Å². The van der Waals surface area contributed by atoms with Crippen molar-refractivity contribution in [2.24, 2.45) is 0 Å². The highest BCUT2D eigenvalue weighted by atomic mass is 32.2. The van der Waals surface area contributed by atoms with Gasteiger partial charge in [0.2, 0.25) is 5.91 Å². The molecule has 25 heavy (non-hydrogen) atoms. The Balaban J connectivity index is 1.56. The molecule has 1 amide bonds. The van der Waals surface area contributed by atoms with Crippen LogP contribution >= 0.6 is 11.8 Å². The first-order valence-corrected chi connectivity index (χ1v) is 9.25. The molecule has 0 fully saturated rings. The average Bonchev–Trinajstić information content (AvgIpc) is 2.92.